The second-order valence-electron chi connectivity index (χ2n) is 3.65. The number of rotatable bonds is 2. The molecule has 0 aromatic heterocycles. The summed E-state index contributed by atoms with van der Waals surface area (Å²) in [4.78, 5) is 10.9. The van der Waals surface area contributed by atoms with Crippen LogP contribution >= 0.6 is 0 Å². The van der Waals surface area contributed by atoms with Crippen LogP contribution in [-0.4, -0.2) is 19.0 Å². The van der Waals surface area contributed by atoms with Gasteiger partial charge in [0.2, 0.25) is 0 Å². The lowest BCUT2D eigenvalue weighted by Crippen LogP contribution is -2.33. The third kappa shape index (κ3) is 2.31. The first-order chi connectivity index (χ1) is 5.83. The lowest BCUT2D eigenvalue weighted by Gasteiger charge is -2.28. The Morgan fingerprint density at radius 2 is 1.58 bits per heavy atom. The Bertz CT molecular complexity index is 135. The number of hydrogen-bond acceptors (Lipinski definition) is 2. The van der Waals surface area contributed by atoms with Crippen LogP contribution in [0.5, 0.6) is 0 Å². The van der Waals surface area contributed by atoms with Gasteiger partial charge >= 0.3 is 0 Å². The number of carbonyl (C=O) groups excluding carboxylic acids is 1. The highest BCUT2D eigenvalue weighted by Gasteiger charge is 2.28. The Kier molecular flexibility index (Phi) is 3.73. The molecule has 1 rings (SSSR count). The highest BCUT2D eigenvalue weighted by atomic mass is 16.5. The minimum Gasteiger partial charge on any atom is -0.371 e. The Morgan fingerprint density at radius 1 is 1.08 bits per heavy atom. The molecule has 12 heavy (non-hydrogen) atoms. The molecule has 2 heteroatoms. The van der Waals surface area contributed by atoms with E-state index in [1.165, 1.54) is 19.3 Å². The lowest BCUT2D eigenvalue weighted by atomic mass is 9.88. The number of hydrogen-bond donors (Lipinski definition) is 0. The summed E-state index contributed by atoms with van der Waals surface area (Å²) in [5.74, 6) is 0. The van der Waals surface area contributed by atoms with Crippen molar-refractivity contribution in [2.45, 2.75) is 50.5 Å². The van der Waals surface area contributed by atoms with Crippen molar-refractivity contribution in [1.82, 2.24) is 0 Å². The molecule has 0 radical (unpaired) electrons. The largest absolute Gasteiger partial charge is 0.371 e. The first kappa shape index (κ1) is 9.72. The van der Waals surface area contributed by atoms with Crippen LogP contribution in [0.15, 0.2) is 0 Å². The first-order valence-corrected chi connectivity index (χ1v) is 4.84. The molecule has 0 atom stereocenters. The number of aldehydes is 1. The van der Waals surface area contributed by atoms with E-state index in [2.05, 4.69) is 0 Å². The molecule has 0 saturated heterocycles. The predicted molar refractivity (Wildman–Crippen MR) is 48.1 cm³/mol. The van der Waals surface area contributed by atoms with Crippen LogP contribution in [-0.2, 0) is 9.53 Å². The third-order valence-electron chi connectivity index (χ3n) is 2.82. The van der Waals surface area contributed by atoms with Crippen molar-refractivity contribution in [1.29, 1.82) is 0 Å². The number of carbonyl (C=O) groups is 1. The van der Waals surface area contributed by atoms with Gasteiger partial charge < -0.3 is 9.53 Å². The van der Waals surface area contributed by atoms with Gasteiger partial charge in [0.15, 0.2) is 6.29 Å². The summed E-state index contributed by atoms with van der Waals surface area (Å²) in [7, 11) is 1.65. The van der Waals surface area contributed by atoms with Crippen LogP contribution in [0.2, 0.25) is 0 Å². The topological polar surface area (TPSA) is 26.3 Å². The Morgan fingerprint density at radius 3 is 2.00 bits per heavy atom. The van der Waals surface area contributed by atoms with Crippen molar-refractivity contribution in [3.63, 3.8) is 0 Å². The third-order valence-corrected chi connectivity index (χ3v) is 2.82. The summed E-state index contributed by atoms with van der Waals surface area (Å²) in [5.41, 5.74) is -0.444. The fraction of sp³-hybridized carbons (Fsp3) is 0.900. The number of methoxy groups -OCH3 is 1. The molecular weight excluding hydrogens is 152 g/mol. The molecule has 0 amide bonds. The van der Waals surface area contributed by atoms with E-state index in [4.69, 9.17) is 4.74 Å². The van der Waals surface area contributed by atoms with Gasteiger partial charge in [-0.3, -0.25) is 0 Å². The average Bonchev–Trinajstić information content (AvgIpc) is 2.06. The van der Waals surface area contributed by atoms with Gasteiger partial charge in [-0.15, -0.1) is 0 Å². The molecule has 0 aromatic carbocycles. The molecule has 0 aromatic rings. The Balaban J connectivity index is 2.51. The van der Waals surface area contributed by atoms with Crippen molar-refractivity contribution in [3.8, 4) is 0 Å². The standard InChI is InChI=1S/C10H18O2/c1-12-10(9-11)7-5-3-2-4-6-8-10/h9H,2-8H2,1H3. The van der Waals surface area contributed by atoms with Gasteiger partial charge in [0, 0.05) is 7.11 Å². The minimum atomic E-state index is -0.444. The van der Waals surface area contributed by atoms with Crippen LogP contribution < -0.4 is 0 Å². The zero-order valence-electron chi connectivity index (χ0n) is 7.84. The summed E-state index contributed by atoms with van der Waals surface area (Å²) >= 11 is 0. The quantitative estimate of drug-likeness (QED) is 0.594. The van der Waals surface area contributed by atoms with Gasteiger partial charge in [-0.2, -0.15) is 0 Å². The van der Waals surface area contributed by atoms with E-state index in [-0.39, 0.29) is 0 Å². The first-order valence-electron chi connectivity index (χ1n) is 4.84. The van der Waals surface area contributed by atoms with Crippen LogP contribution in [0, 0.1) is 0 Å². The summed E-state index contributed by atoms with van der Waals surface area (Å²) in [6.07, 6.45) is 8.90. The van der Waals surface area contributed by atoms with E-state index in [1.807, 2.05) is 0 Å². The van der Waals surface area contributed by atoms with Crippen LogP contribution in [0.25, 0.3) is 0 Å². The number of ether oxygens (including phenoxy) is 1. The van der Waals surface area contributed by atoms with Gasteiger partial charge in [0.25, 0.3) is 0 Å². The monoisotopic (exact) mass is 170 g/mol. The second-order valence-corrected chi connectivity index (χ2v) is 3.65. The van der Waals surface area contributed by atoms with Crippen molar-refractivity contribution < 1.29 is 9.53 Å². The maximum absolute atomic E-state index is 10.9. The van der Waals surface area contributed by atoms with Crippen molar-refractivity contribution in [2.75, 3.05) is 7.11 Å². The predicted octanol–water partition coefficient (Wildman–Crippen LogP) is 2.31. The molecule has 0 aliphatic heterocycles. The van der Waals surface area contributed by atoms with Gasteiger partial charge in [-0.05, 0) is 12.8 Å². The maximum Gasteiger partial charge on any atom is 0.151 e. The highest BCUT2D eigenvalue weighted by Crippen LogP contribution is 2.27. The van der Waals surface area contributed by atoms with Crippen LogP contribution in [0.1, 0.15) is 44.9 Å². The molecule has 1 saturated carbocycles. The molecule has 1 aliphatic rings. The van der Waals surface area contributed by atoms with Crippen LogP contribution in [0.4, 0.5) is 0 Å². The zero-order valence-corrected chi connectivity index (χ0v) is 7.84. The van der Waals surface area contributed by atoms with E-state index in [0.717, 1.165) is 32.0 Å². The van der Waals surface area contributed by atoms with Crippen molar-refractivity contribution in [2.24, 2.45) is 0 Å². The molecule has 70 valence electrons. The average molecular weight is 170 g/mol. The van der Waals surface area contributed by atoms with Crippen LogP contribution in [0.3, 0.4) is 0 Å². The van der Waals surface area contributed by atoms with Gasteiger partial charge in [0.05, 0.1) is 0 Å². The van der Waals surface area contributed by atoms with E-state index in [1.54, 1.807) is 7.11 Å². The fourth-order valence-corrected chi connectivity index (χ4v) is 1.87. The van der Waals surface area contributed by atoms with E-state index < -0.39 is 5.60 Å². The van der Waals surface area contributed by atoms with Crippen molar-refractivity contribution in [3.05, 3.63) is 0 Å². The normalized spacial score (nSPS) is 24.1. The van der Waals surface area contributed by atoms with Crippen molar-refractivity contribution >= 4 is 6.29 Å². The molecular formula is C10H18O2. The van der Waals surface area contributed by atoms with Gasteiger partial charge in [-0.1, -0.05) is 32.1 Å². The molecule has 0 unspecified atom stereocenters. The molecule has 1 aliphatic carbocycles. The second kappa shape index (κ2) is 4.61. The van der Waals surface area contributed by atoms with E-state index >= 15 is 0 Å². The van der Waals surface area contributed by atoms with Gasteiger partial charge in [-0.25, -0.2) is 0 Å². The van der Waals surface area contributed by atoms with E-state index in [0.29, 0.717) is 0 Å². The summed E-state index contributed by atoms with van der Waals surface area (Å²) < 4.78 is 5.30. The fourth-order valence-electron chi connectivity index (χ4n) is 1.87. The Hall–Kier alpha value is -0.370. The summed E-state index contributed by atoms with van der Waals surface area (Å²) in [6.45, 7) is 0. The molecule has 1 fully saturated rings. The molecule has 0 heterocycles. The highest BCUT2D eigenvalue weighted by molar-refractivity contribution is 5.62. The molecule has 0 N–H and O–H groups in total. The summed E-state index contributed by atoms with van der Waals surface area (Å²) in [5, 5.41) is 0. The zero-order chi connectivity index (χ0) is 8.86. The summed E-state index contributed by atoms with van der Waals surface area (Å²) in [6, 6.07) is 0. The molecule has 0 bridgehead atoms. The van der Waals surface area contributed by atoms with E-state index in [9.17, 15) is 4.79 Å². The lowest BCUT2D eigenvalue weighted by molar-refractivity contribution is -0.130. The maximum atomic E-state index is 10.9. The SMILES string of the molecule is COC1(C=O)CCCCCCC1. The smallest absolute Gasteiger partial charge is 0.151 e. The van der Waals surface area contributed by atoms with Gasteiger partial charge in [0.1, 0.15) is 5.60 Å². The molecule has 0 spiro atoms. The molecule has 2 nitrogen and oxygen atoms in total. The Labute approximate surface area is 74.3 Å². The minimum absolute atomic E-state index is 0.444.